The highest BCUT2D eigenvalue weighted by Gasteiger charge is 2.09. The minimum absolute atomic E-state index is 0.0455. The molecule has 2 rings (SSSR count). The Labute approximate surface area is 165 Å². The summed E-state index contributed by atoms with van der Waals surface area (Å²) in [6, 6.07) is 11.5. The van der Waals surface area contributed by atoms with Crippen LogP contribution in [0.1, 0.15) is 46.8 Å². The van der Waals surface area contributed by atoms with E-state index in [1.165, 1.54) is 0 Å². The molecule has 0 heterocycles. The highest BCUT2D eigenvalue weighted by atomic mass is 32.2. The van der Waals surface area contributed by atoms with Gasteiger partial charge in [-0.15, -0.1) is 0 Å². The van der Waals surface area contributed by atoms with E-state index >= 15 is 0 Å². The smallest absolute Gasteiger partial charge is 0.224 e. The van der Waals surface area contributed by atoms with Crippen LogP contribution < -0.4 is 10.1 Å². The molecule has 0 aliphatic carbocycles. The molecule has 1 amide bonds. The Morgan fingerprint density at radius 1 is 1.11 bits per heavy atom. The first-order valence-electron chi connectivity index (χ1n) is 9.04. The van der Waals surface area contributed by atoms with Crippen LogP contribution in [0, 0.1) is 13.8 Å². The summed E-state index contributed by atoms with van der Waals surface area (Å²) in [6.45, 7) is 5.57. The molecule has 4 nitrogen and oxygen atoms in total. The normalized spacial score (nSPS) is 10.5. The summed E-state index contributed by atoms with van der Waals surface area (Å²) in [5, 5.41) is 3.02. The second-order valence-corrected chi connectivity index (χ2v) is 7.66. The van der Waals surface area contributed by atoms with E-state index in [2.05, 4.69) is 5.32 Å². The Morgan fingerprint density at radius 3 is 2.44 bits per heavy atom. The van der Waals surface area contributed by atoms with Crippen LogP contribution in [0.5, 0.6) is 5.75 Å². The summed E-state index contributed by atoms with van der Waals surface area (Å²) in [5.41, 5.74) is 4.78. The molecule has 0 aliphatic rings. The first-order chi connectivity index (χ1) is 12.9. The van der Waals surface area contributed by atoms with Gasteiger partial charge in [-0.25, -0.2) is 0 Å². The van der Waals surface area contributed by atoms with Gasteiger partial charge in [-0.05, 0) is 62.3 Å². The molecule has 0 saturated heterocycles. The molecule has 0 fully saturated rings. The third-order valence-electron chi connectivity index (χ3n) is 4.38. The average molecular weight is 386 g/mol. The highest BCUT2D eigenvalue weighted by molar-refractivity contribution is 7.98. The Bertz CT molecular complexity index is 797. The van der Waals surface area contributed by atoms with E-state index in [0.29, 0.717) is 12.0 Å². The number of amides is 1. The van der Waals surface area contributed by atoms with Gasteiger partial charge in [0.25, 0.3) is 0 Å². The third-order valence-corrected chi connectivity index (χ3v) is 5.48. The molecular weight excluding hydrogens is 358 g/mol. The molecule has 1 N–H and O–H groups in total. The summed E-state index contributed by atoms with van der Waals surface area (Å²) >= 11 is 1.74. The minimum atomic E-state index is 0.0455. The molecule has 2 aromatic rings. The van der Waals surface area contributed by atoms with E-state index in [1.807, 2.05) is 44.2 Å². The third kappa shape index (κ3) is 6.14. The Kier molecular flexibility index (Phi) is 7.92. The van der Waals surface area contributed by atoms with Crippen LogP contribution in [0.3, 0.4) is 0 Å². The molecule has 27 heavy (non-hydrogen) atoms. The molecule has 0 aliphatic heterocycles. The summed E-state index contributed by atoms with van der Waals surface area (Å²) in [5.74, 6) is 2.51. The van der Waals surface area contributed by atoms with Crippen molar-refractivity contribution in [1.29, 1.82) is 0 Å². The van der Waals surface area contributed by atoms with E-state index in [9.17, 15) is 9.59 Å². The maximum atomic E-state index is 12.2. The van der Waals surface area contributed by atoms with Crippen molar-refractivity contribution in [3.8, 4) is 5.75 Å². The van der Waals surface area contributed by atoms with Crippen LogP contribution in [0.25, 0.3) is 0 Å². The SMILES string of the molecule is COc1ccc(C(C)=O)cc1CSCCCC(=O)Nc1c(C)cccc1C. The number of carbonyl (C=O) groups excluding carboxylic acids is 2. The van der Waals surface area contributed by atoms with Gasteiger partial charge >= 0.3 is 0 Å². The van der Waals surface area contributed by atoms with Gasteiger partial charge in [0.2, 0.25) is 5.91 Å². The maximum absolute atomic E-state index is 12.2. The van der Waals surface area contributed by atoms with Crippen molar-refractivity contribution >= 4 is 29.1 Å². The zero-order valence-corrected chi connectivity index (χ0v) is 17.2. The molecule has 0 unspecified atom stereocenters. The number of benzene rings is 2. The standard InChI is InChI=1S/C22H27NO3S/c1-15-7-5-8-16(2)22(15)23-21(25)9-6-12-27-14-19-13-18(17(3)24)10-11-20(19)26-4/h5,7-8,10-11,13H,6,9,12,14H2,1-4H3,(H,23,25). The monoisotopic (exact) mass is 385 g/mol. The first kappa shape index (κ1) is 21.0. The molecule has 0 atom stereocenters. The number of anilines is 1. The molecule has 0 radical (unpaired) electrons. The van der Waals surface area contributed by atoms with Crippen LogP contribution in [0.2, 0.25) is 0 Å². The number of thioether (sulfide) groups is 1. The number of ketones is 1. The lowest BCUT2D eigenvalue weighted by Gasteiger charge is -2.12. The van der Waals surface area contributed by atoms with E-state index in [1.54, 1.807) is 31.9 Å². The van der Waals surface area contributed by atoms with Gasteiger partial charge in [0, 0.05) is 29.0 Å². The number of nitrogens with one attached hydrogen (secondary N) is 1. The highest BCUT2D eigenvalue weighted by Crippen LogP contribution is 2.25. The first-order valence-corrected chi connectivity index (χ1v) is 10.2. The number of carbonyl (C=O) groups is 2. The zero-order valence-electron chi connectivity index (χ0n) is 16.4. The largest absolute Gasteiger partial charge is 0.496 e. The zero-order chi connectivity index (χ0) is 19.8. The average Bonchev–Trinajstić information content (AvgIpc) is 2.64. The summed E-state index contributed by atoms with van der Waals surface area (Å²) in [7, 11) is 1.63. The molecule has 0 bridgehead atoms. The number of hydrogen-bond acceptors (Lipinski definition) is 4. The van der Waals surface area contributed by atoms with Gasteiger partial charge < -0.3 is 10.1 Å². The predicted octanol–water partition coefficient (Wildman–Crippen LogP) is 5.17. The molecule has 144 valence electrons. The van der Waals surface area contributed by atoms with Crippen molar-refractivity contribution in [2.45, 2.75) is 39.4 Å². The molecular formula is C22H27NO3S. The number of rotatable bonds is 9. The molecule has 5 heteroatoms. The van der Waals surface area contributed by atoms with Gasteiger partial charge in [0.15, 0.2) is 5.78 Å². The van der Waals surface area contributed by atoms with Gasteiger partial charge in [-0.2, -0.15) is 11.8 Å². The number of ether oxygens (including phenoxy) is 1. The fourth-order valence-electron chi connectivity index (χ4n) is 2.84. The molecule has 0 spiro atoms. The minimum Gasteiger partial charge on any atom is -0.496 e. The quantitative estimate of drug-likeness (QED) is 0.478. The number of Topliss-reactive ketones (excluding diaryl/α,β-unsaturated/α-hetero) is 1. The summed E-state index contributed by atoms with van der Waals surface area (Å²) < 4.78 is 5.38. The van der Waals surface area contributed by atoms with Gasteiger partial charge in [0.05, 0.1) is 7.11 Å². The number of methoxy groups -OCH3 is 1. The number of para-hydroxylation sites is 1. The van der Waals surface area contributed by atoms with Crippen LogP contribution >= 0.6 is 11.8 Å². The number of hydrogen-bond donors (Lipinski definition) is 1. The van der Waals surface area contributed by atoms with Crippen LogP contribution in [-0.4, -0.2) is 24.6 Å². The second-order valence-electron chi connectivity index (χ2n) is 6.55. The fraction of sp³-hybridized carbons (Fsp3) is 0.364. The maximum Gasteiger partial charge on any atom is 0.224 e. The lowest BCUT2D eigenvalue weighted by atomic mass is 10.1. The van der Waals surface area contributed by atoms with Gasteiger partial charge in [0.1, 0.15) is 5.75 Å². The Balaban J connectivity index is 1.80. The van der Waals surface area contributed by atoms with E-state index in [-0.39, 0.29) is 11.7 Å². The summed E-state index contributed by atoms with van der Waals surface area (Å²) in [6.07, 6.45) is 1.29. The lowest BCUT2D eigenvalue weighted by molar-refractivity contribution is -0.116. The van der Waals surface area contributed by atoms with Gasteiger partial charge in [-0.1, -0.05) is 18.2 Å². The van der Waals surface area contributed by atoms with Crippen LogP contribution in [0.15, 0.2) is 36.4 Å². The van der Waals surface area contributed by atoms with Gasteiger partial charge in [-0.3, -0.25) is 9.59 Å². The van der Waals surface area contributed by atoms with Crippen molar-refractivity contribution in [2.24, 2.45) is 0 Å². The molecule has 0 saturated carbocycles. The van der Waals surface area contributed by atoms with Crippen molar-refractivity contribution < 1.29 is 14.3 Å². The fourth-order valence-corrected chi connectivity index (χ4v) is 3.78. The molecule has 2 aromatic carbocycles. The van der Waals surface area contributed by atoms with Crippen LogP contribution in [0.4, 0.5) is 5.69 Å². The van der Waals surface area contributed by atoms with Crippen molar-refractivity contribution in [2.75, 3.05) is 18.2 Å². The topological polar surface area (TPSA) is 55.4 Å². The molecule has 0 aromatic heterocycles. The Hall–Kier alpha value is -2.27. The van der Waals surface area contributed by atoms with E-state index in [0.717, 1.165) is 46.1 Å². The summed E-state index contributed by atoms with van der Waals surface area (Å²) in [4.78, 5) is 23.7. The number of aryl methyl sites for hydroxylation is 2. The van der Waals surface area contributed by atoms with Crippen molar-refractivity contribution in [1.82, 2.24) is 0 Å². The Morgan fingerprint density at radius 2 is 1.81 bits per heavy atom. The van der Waals surface area contributed by atoms with Crippen LogP contribution in [-0.2, 0) is 10.5 Å². The lowest BCUT2D eigenvalue weighted by Crippen LogP contribution is -2.13. The van der Waals surface area contributed by atoms with Crippen molar-refractivity contribution in [3.63, 3.8) is 0 Å². The van der Waals surface area contributed by atoms with E-state index in [4.69, 9.17) is 4.74 Å². The second kappa shape index (κ2) is 10.2. The predicted molar refractivity (Wildman–Crippen MR) is 113 cm³/mol. The van der Waals surface area contributed by atoms with E-state index < -0.39 is 0 Å². The van der Waals surface area contributed by atoms with Crippen molar-refractivity contribution in [3.05, 3.63) is 58.7 Å².